The summed E-state index contributed by atoms with van der Waals surface area (Å²) >= 11 is 0. The van der Waals surface area contributed by atoms with Crippen LogP contribution < -0.4 is 9.64 Å². The zero-order chi connectivity index (χ0) is 13.1. The molecule has 0 bridgehead atoms. The Morgan fingerprint density at radius 1 is 1.22 bits per heavy atom. The third-order valence-corrected chi connectivity index (χ3v) is 2.82. The first-order chi connectivity index (χ1) is 8.65. The Hall–Kier alpha value is -2.54. The number of fused-ring (bicyclic) bond motifs is 1. The number of ether oxygens (including phenoxy) is 1. The van der Waals surface area contributed by atoms with E-state index in [1.54, 1.807) is 26.3 Å². The molecule has 2 rings (SSSR count). The van der Waals surface area contributed by atoms with Crippen molar-refractivity contribution in [2.75, 3.05) is 19.1 Å². The van der Waals surface area contributed by atoms with Crippen LogP contribution in [-0.4, -0.2) is 20.1 Å². The molecule has 2 aromatic rings. The molecule has 0 unspecified atom stereocenters. The second kappa shape index (κ2) is 4.76. The highest BCUT2D eigenvalue weighted by Gasteiger charge is 2.09. The summed E-state index contributed by atoms with van der Waals surface area (Å²) in [5.74, 6) is 0.208. The first kappa shape index (κ1) is 11.9. The van der Waals surface area contributed by atoms with Crippen LogP contribution in [0.25, 0.3) is 10.8 Å². The van der Waals surface area contributed by atoms with Gasteiger partial charge < -0.3 is 9.64 Å². The fourth-order valence-corrected chi connectivity index (χ4v) is 1.74. The summed E-state index contributed by atoms with van der Waals surface area (Å²) in [6, 6.07) is 12.9. The van der Waals surface area contributed by atoms with Crippen LogP contribution in [0.15, 0.2) is 36.4 Å². The molecule has 2 aromatic carbocycles. The molecule has 1 amide bonds. The Balaban J connectivity index is 2.45. The Morgan fingerprint density at radius 2 is 1.89 bits per heavy atom. The van der Waals surface area contributed by atoms with Crippen LogP contribution in [0.2, 0.25) is 0 Å². The molecular weight excluding hydrogens is 228 g/mol. The molecule has 0 aliphatic heterocycles. The van der Waals surface area contributed by atoms with Gasteiger partial charge in [-0.05, 0) is 35.0 Å². The van der Waals surface area contributed by atoms with Gasteiger partial charge in [-0.1, -0.05) is 12.1 Å². The molecule has 18 heavy (non-hydrogen) atoms. The summed E-state index contributed by atoms with van der Waals surface area (Å²) in [6.07, 6.45) is 0. The van der Waals surface area contributed by atoms with Crippen LogP contribution in [0.1, 0.15) is 0 Å². The molecule has 0 N–H and O–H groups in total. The van der Waals surface area contributed by atoms with E-state index in [1.165, 1.54) is 4.90 Å². The van der Waals surface area contributed by atoms with Crippen molar-refractivity contribution in [1.82, 2.24) is 0 Å². The zero-order valence-corrected chi connectivity index (χ0v) is 10.2. The standard InChI is InChI=1S/C14H12N2O2/c1-16(14(17)9-15)12-5-3-11-8-13(18-2)6-4-10(11)7-12/h3-8H,1-2H3. The zero-order valence-electron chi connectivity index (χ0n) is 10.2. The van der Waals surface area contributed by atoms with Crippen LogP contribution in [-0.2, 0) is 4.79 Å². The van der Waals surface area contributed by atoms with Gasteiger partial charge in [0.15, 0.2) is 6.07 Å². The second-order valence-electron chi connectivity index (χ2n) is 3.87. The normalized spacial score (nSPS) is 9.83. The molecule has 4 nitrogen and oxygen atoms in total. The highest BCUT2D eigenvalue weighted by molar-refractivity contribution is 6.05. The molecule has 0 aliphatic rings. The van der Waals surface area contributed by atoms with Crippen molar-refractivity contribution >= 4 is 22.4 Å². The smallest absolute Gasteiger partial charge is 0.329 e. The number of nitriles is 1. The van der Waals surface area contributed by atoms with Crippen molar-refractivity contribution in [2.24, 2.45) is 0 Å². The highest BCUT2D eigenvalue weighted by atomic mass is 16.5. The van der Waals surface area contributed by atoms with Gasteiger partial charge in [-0.25, -0.2) is 0 Å². The van der Waals surface area contributed by atoms with Crippen molar-refractivity contribution in [2.45, 2.75) is 0 Å². The molecule has 0 saturated heterocycles. The van der Waals surface area contributed by atoms with Crippen LogP contribution in [0.4, 0.5) is 5.69 Å². The predicted octanol–water partition coefficient (Wildman–Crippen LogP) is 2.33. The minimum Gasteiger partial charge on any atom is -0.497 e. The number of carbonyl (C=O) groups excluding carboxylic acids is 1. The number of amides is 1. The van der Waals surface area contributed by atoms with E-state index < -0.39 is 5.91 Å². The van der Waals surface area contributed by atoms with Gasteiger partial charge in [0.2, 0.25) is 0 Å². The monoisotopic (exact) mass is 240 g/mol. The third kappa shape index (κ3) is 2.11. The van der Waals surface area contributed by atoms with Crippen LogP contribution >= 0.6 is 0 Å². The van der Waals surface area contributed by atoms with Gasteiger partial charge in [-0.3, -0.25) is 4.79 Å². The van der Waals surface area contributed by atoms with Gasteiger partial charge in [0.25, 0.3) is 0 Å². The molecule has 4 heteroatoms. The number of nitrogens with zero attached hydrogens (tertiary/aromatic N) is 2. The highest BCUT2D eigenvalue weighted by Crippen LogP contribution is 2.25. The average molecular weight is 240 g/mol. The van der Waals surface area contributed by atoms with E-state index in [2.05, 4.69) is 0 Å². The van der Waals surface area contributed by atoms with Crippen molar-refractivity contribution < 1.29 is 9.53 Å². The Labute approximate surface area is 105 Å². The number of carbonyl (C=O) groups is 1. The molecule has 0 radical (unpaired) electrons. The van der Waals surface area contributed by atoms with Gasteiger partial charge in [-0.15, -0.1) is 0 Å². The fraction of sp³-hybridized carbons (Fsp3) is 0.143. The summed E-state index contributed by atoms with van der Waals surface area (Å²) in [7, 11) is 3.20. The summed E-state index contributed by atoms with van der Waals surface area (Å²) in [5.41, 5.74) is 0.694. The van der Waals surface area contributed by atoms with Gasteiger partial charge in [0, 0.05) is 12.7 Å². The van der Waals surface area contributed by atoms with Crippen LogP contribution in [0.5, 0.6) is 5.75 Å². The number of benzene rings is 2. The van der Waals surface area contributed by atoms with Gasteiger partial charge in [0.1, 0.15) is 5.75 Å². The lowest BCUT2D eigenvalue weighted by Gasteiger charge is -2.14. The lowest BCUT2D eigenvalue weighted by Crippen LogP contribution is -2.24. The molecule has 0 aliphatic carbocycles. The van der Waals surface area contributed by atoms with E-state index in [9.17, 15) is 4.79 Å². The number of methoxy groups -OCH3 is 1. The molecule has 0 fully saturated rings. The Kier molecular flexibility index (Phi) is 3.16. The first-order valence-corrected chi connectivity index (χ1v) is 5.41. The maximum Gasteiger partial charge on any atom is 0.329 e. The fourth-order valence-electron chi connectivity index (χ4n) is 1.74. The average Bonchev–Trinajstić information content (AvgIpc) is 2.44. The first-order valence-electron chi connectivity index (χ1n) is 5.41. The Morgan fingerprint density at radius 3 is 2.56 bits per heavy atom. The number of rotatable bonds is 2. The number of anilines is 1. The molecular formula is C14H12N2O2. The maximum absolute atomic E-state index is 11.3. The minimum absolute atomic E-state index is 0.581. The lowest BCUT2D eigenvalue weighted by atomic mass is 10.1. The molecule has 0 saturated carbocycles. The van der Waals surface area contributed by atoms with E-state index in [4.69, 9.17) is 10.00 Å². The summed E-state index contributed by atoms with van der Waals surface area (Å²) < 4.78 is 5.15. The predicted molar refractivity (Wildman–Crippen MR) is 69.5 cm³/mol. The van der Waals surface area contributed by atoms with E-state index >= 15 is 0 Å². The van der Waals surface area contributed by atoms with Gasteiger partial charge >= 0.3 is 5.91 Å². The van der Waals surface area contributed by atoms with E-state index in [0.29, 0.717) is 5.69 Å². The largest absolute Gasteiger partial charge is 0.497 e. The third-order valence-electron chi connectivity index (χ3n) is 2.82. The summed E-state index contributed by atoms with van der Waals surface area (Å²) in [6.45, 7) is 0. The van der Waals surface area contributed by atoms with Crippen molar-refractivity contribution in [3.63, 3.8) is 0 Å². The number of hydrogen-bond donors (Lipinski definition) is 0. The quantitative estimate of drug-likeness (QED) is 0.757. The molecule has 0 heterocycles. The van der Waals surface area contributed by atoms with E-state index in [0.717, 1.165) is 16.5 Å². The molecule has 90 valence electrons. The molecule has 0 aromatic heterocycles. The molecule has 0 atom stereocenters. The minimum atomic E-state index is -0.581. The molecule has 0 spiro atoms. The van der Waals surface area contributed by atoms with Crippen molar-refractivity contribution in [1.29, 1.82) is 5.26 Å². The Bertz CT molecular complexity index is 644. The summed E-state index contributed by atoms with van der Waals surface area (Å²) in [4.78, 5) is 12.6. The van der Waals surface area contributed by atoms with Crippen LogP contribution in [0.3, 0.4) is 0 Å². The lowest BCUT2D eigenvalue weighted by molar-refractivity contribution is -0.113. The van der Waals surface area contributed by atoms with Crippen molar-refractivity contribution in [3.8, 4) is 11.8 Å². The van der Waals surface area contributed by atoms with Crippen molar-refractivity contribution in [3.05, 3.63) is 36.4 Å². The van der Waals surface area contributed by atoms with Gasteiger partial charge in [-0.2, -0.15) is 5.26 Å². The topological polar surface area (TPSA) is 53.3 Å². The number of hydrogen-bond acceptors (Lipinski definition) is 3. The second-order valence-corrected chi connectivity index (χ2v) is 3.87. The summed E-state index contributed by atoms with van der Waals surface area (Å²) in [5, 5.41) is 10.6. The maximum atomic E-state index is 11.3. The SMILES string of the molecule is COc1ccc2cc(N(C)C(=O)C#N)ccc2c1. The van der Waals surface area contributed by atoms with Crippen LogP contribution in [0, 0.1) is 11.3 Å². The van der Waals surface area contributed by atoms with E-state index in [1.807, 2.05) is 30.3 Å². The van der Waals surface area contributed by atoms with Gasteiger partial charge in [0.05, 0.1) is 7.11 Å². The van der Waals surface area contributed by atoms with E-state index in [-0.39, 0.29) is 0 Å².